The number of amides is 1. The lowest BCUT2D eigenvalue weighted by Crippen LogP contribution is -2.30. The van der Waals surface area contributed by atoms with Crippen LogP contribution in [-0.4, -0.2) is 35.0 Å². The fourth-order valence-electron chi connectivity index (χ4n) is 2.49. The second-order valence-corrected chi connectivity index (χ2v) is 5.09. The molecule has 0 bridgehead atoms. The van der Waals surface area contributed by atoms with Gasteiger partial charge in [0.1, 0.15) is 0 Å². The van der Waals surface area contributed by atoms with Gasteiger partial charge in [-0.05, 0) is 30.0 Å². The van der Waals surface area contributed by atoms with Crippen molar-refractivity contribution in [2.45, 2.75) is 26.2 Å². The first kappa shape index (κ1) is 13.6. The van der Waals surface area contributed by atoms with E-state index in [0.717, 1.165) is 31.5 Å². The van der Waals surface area contributed by atoms with Gasteiger partial charge in [-0.15, -0.1) is 0 Å². The highest BCUT2D eigenvalue weighted by atomic mass is 16.4. The van der Waals surface area contributed by atoms with Crippen molar-refractivity contribution in [2.24, 2.45) is 5.92 Å². The molecule has 1 aliphatic heterocycles. The Kier molecular flexibility index (Phi) is 4.20. The number of hydrogen-bond acceptors (Lipinski definition) is 2. The number of hydrogen-bond donors (Lipinski definition) is 1. The van der Waals surface area contributed by atoms with Crippen LogP contribution in [0.3, 0.4) is 0 Å². The maximum atomic E-state index is 12.1. The average molecular weight is 261 g/mol. The molecule has 0 radical (unpaired) electrons. The summed E-state index contributed by atoms with van der Waals surface area (Å²) in [5.41, 5.74) is 1.00. The second-order valence-electron chi connectivity index (χ2n) is 5.09. The Morgan fingerprint density at radius 2 is 2.21 bits per heavy atom. The fourth-order valence-corrected chi connectivity index (χ4v) is 2.49. The van der Waals surface area contributed by atoms with E-state index in [4.69, 9.17) is 5.11 Å². The summed E-state index contributed by atoms with van der Waals surface area (Å²) in [6.07, 6.45) is 2.48. The van der Waals surface area contributed by atoms with Gasteiger partial charge >= 0.3 is 5.97 Å². The Morgan fingerprint density at radius 1 is 1.42 bits per heavy atom. The van der Waals surface area contributed by atoms with Crippen molar-refractivity contribution in [2.75, 3.05) is 13.1 Å². The van der Waals surface area contributed by atoms with Crippen LogP contribution in [0.4, 0.5) is 0 Å². The van der Waals surface area contributed by atoms with E-state index < -0.39 is 5.97 Å². The van der Waals surface area contributed by atoms with Gasteiger partial charge in [0.2, 0.25) is 5.91 Å². The van der Waals surface area contributed by atoms with Crippen LogP contribution in [-0.2, 0) is 11.2 Å². The monoisotopic (exact) mass is 261 g/mol. The number of carbonyl (C=O) groups excluding carboxylic acids is 1. The highest BCUT2D eigenvalue weighted by molar-refractivity contribution is 5.88. The molecular weight excluding hydrogens is 242 g/mol. The number of benzene rings is 1. The molecule has 2 rings (SSSR count). The first-order chi connectivity index (χ1) is 9.10. The molecule has 1 N–H and O–H groups in total. The highest BCUT2D eigenvalue weighted by Crippen LogP contribution is 2.20. The predicted octanol–water partition coefficient (Wildman–Crippen LogP) is 2.19. The molecule has 4 heteroatoms. The minimum absolute atomic E-state index is 0.0958. The van der Waals surface area contributed by atoms with Crippen LogP contribution in [0.5, 0.6) is 0 Å². The van der Waals surface area contributed by atoms with E-state index >= 15 is 0 Å². The number of rotatable bonds is 4. The predicted molar refractivity (Wildman–Crippen MR) is 72.1 cm³/mol. The summed E-state index contributed by atoms with van der Waals surface area (Å²) in [6.45, 7) is 3.82. The molecular formula is C15H19NO3. The van der Waals surface area contributed by atoms with Crippen LogP contribution >= 0.6 is 0 Å². The standard InChI is InChI=1S/C15H19NO3/c1-2-11-6-7-16(10-11)14(17)9-12-4-3-5-13(8-12)15(18)19/h3-5,8,11H,2,6-7,9-10H2,1H3,(H,18,19). The molecule has 1 fully saturated rings. The van der Waals surface area contributed by atoms with Gasteiger partial charge in [0.05, 0.1) is 12.0 Å². The number of carboxylic acids is 1. The van der Waals surface area contributed by atoms with Gasteiger partial charge in [-0.1, -0.05) is 25.5 Å². The topological polar surface area (TPSA) is 57.6 Å². The zero-order valence-corrected chi connectivity index (χ0v) is 11.1. The van der Waals surface area contributed by atoms with Gasteiger partial charge in [-0.3, -0.25) is 4.79 Å². The summed E-state index contributed by atoms with van der Waals surface area (Å²) in [6, 6.07) is 6.61. The summed E-state index contributed by atoms with van der Waals surface area (Å²) in [7, 11) is 0. The molecule has 0 saturated carbocycles. The van der Waals surface area contributed by atoms with E-state index in [1.807, 2.05) is 4.90 Å². The van der Waals surface area contributed by atoms with Crippen LogP contribution in [0.25, 0.3) is 0 Å². The molecule has 0 spiro atoms. The van der Waals surface area contributed by atoms with Crippen LogP contribution in [0.2, 0.25) is 0 Å². The SMILES string of the molecule is CCC1CCN(C(=O)Cc2cccc(C(=O)O)c2)C1. The third kappa shape index (κ3) is 3.34. The molecule has 1 amide bonds. The summed E-state index contributed by atoms with van der Waals surface area (Å²) in [5.74, 6) is -0.241. The summed E-state index contributed by atoms with van der Waals surface area (Å²) in [4.78, 5) is 24.9. The van der Waals surface area contributed by atoms with Gasteiger partial charge < -0.3 is 10.0 Å². The van der Waals surface area contributed by atoms with Crippen LogP contribution < -0.4 is 0 Å². The highest BCUT2D eigenvalue weighted by Gasteiger charge is 2.24. The van der Waals surface area contributed by atoms with E-state index in [9.17, 15) is 9.59 Å². The van der Waals surface area contributed by atoms with Gasteiger partial charge in [-0.25, -0.2) is 4.79 Å². The van der Waals surface area contributed by atoms with Crippen LogP contribution in [0, 0.1) is 5.92 Å². The van der Waals surface area contributed by atoms with Crippen molar-refractivity contribution in [3.63, 3.8) is 0 Å². The van der Waals surface area contributed by atoms with Crippen LogP contribution in [0.1, 0.15) is 35.7 Å². The Labute approximate surface area is 113 Å². The van der Waals surface area contributed by atoms with Crippen molar-refractivity contribution in [1.82, 2.24) is 4.90 Å². The number of aromatic carboxylic acids is 1. The Balaban J connectivity index is 1.99. The molecule has 1 atom stereocenters. The lowest BCUT2D eigenvalue weighted by Gasteiger charge is -2.16. The van der Waals surface area contributed by atoms with Crippen molar-refractivity contribution >= 4 is 11.9 Å². The van der Waals surface area contributed by atoms with E-state index in [-0.39, 0.29) is 17.9 Å². The zero-order chi connectivity index (χ0) is 13.8. The van der Waals surface area contributed by atoms with Crippen molar-refractivity contribution < 1.29 is 14.7 Å². The first-order valence-electron chi connectivity index (χ1n) is 6.70. The third-order valence-corrected chi connectivity index (χ3v) is 3.75. The third-order valence-electron chi connectivity index (χ3n) is 3.75. The lowest BCUT2D eigenvalue weighted by molar-refractivity contribution is -0.129. The molecule has 0 aromatic heterocycles. The molecule has 19 heavy (non-hydrogen) atoms. The normalized spacial score (nSPS) is 18.6. The summed E-state index contributed by atoms with van der Waals surface area (Å²) < 4.78 is 0. The van der Waals surface area contributed by atoms with E-state index in [1.165, 1.54) is 0 Å². The fraction of sp³-hybridized carbons (Fsp3) is 0.467. The molecule has 1 aliphatic rings. The van der Waals surface area contributed by atoms with Crippen molar-refractivity contribution in [3.05, 3.63) is 35.4 Å². The van der Waals surface area contributed by atoms with Crippen molar-refractivity contribution in [3.8, 4) is 0 Å². The van der Waals surface area contributed by atoms with Crippen molar-refractivity contribution in [1.29, 1.82) is 0 Å². The second kappa shape index (κ2) is 5.87. The smallest absolute Gasteiger partial charge is 0.335 e. The molecule has 0 aliphatic carbocycles. The van der Waals surface area contributed by atoms with E-state index in [0.29, 0.717) is 5.92 Å². The lowest BCUT2D eigenvalue weighted by atomic mass is 10.1. The van der Waals surface area contributed by atoms with Gasteiger partial charge in [0.25, 0.3) is 0 Å². The zero-order valence-electron chi connectivity index (χ0n) is 11.1. The van der Waals surface area contributed by atoms with Gasteiger partial charge in [-0.2, -0.15) is 0 Å². The Hall–Kier alpha value is -1.84. The molecule has 1 saturated heterocycles. The first-order valence-corrected chi connectivity index (χ1v) is 6.70. The maximum Gasteiger partial charge on any atom is 0.335 e. The molecule has 1 aromatic rings. The minimum Gasteiger partial charge on any atom is -0.478 e. The van der Waals surface area contributed by atoms with E-state index in [2.05, 4.69) is 6.92 Å². The molecule has 1 heterocycles. The summed E-state index contributed by atoms with van der Waals surface area (Å²) in [5, 5.41) is 8.93. The molecule has 1 unspecified atom stereocenters. The molecule has 1 aromatic carbocycles. The van der Waals surface area contributed by atoms with E-state index in [1.54, 1.807) is 24.3 Å². The molecule has 4 nitrogen and oxygen atoms in total. The number of nitrogens with zero attached hydrogens (tertiary/aromatic N) is 1. The Bertz CT molecular complexity index is 484. The number of likely N-dealkylation sites (tertiary alicyclic amines) is 1. The van der Waals surface area contributed by atoms with Crippen LogP contribution in [0.15, 0.2) is 24.3 Å². The summed E-state index contributed by atoms with van der Waals surface area (Å²) >= 11 is 0. The van der Waals surface area contributed by atoms with Gasteiger partial charge in [0.15, 0.2) is 0 Å². The maximum absolute atomic E-state index is 12.1. The largest absolute Gasteiger partial charge is 0.478 e. The minimum atomic E-state index is -0.957. The Morgan fingerprint density at radius 3 is 2.84 bits per heavy atom. The number of carboxylic acid groups (broad SMARTS) is 1. The quantitative estimate of drug-likeness (QED) is 0.903. The number of carbonyl (C=O) groups is 2. The average Bonchev–Trinajstić information content (AvgIpc) is 2.88. The molecule has 102 valence electrons. The van der Waals surface area contributed by atoms with Gasteiger partial charge in [0, 0.05) is 13.1 Å².